The number of nitrogens with zero attached hydrogens (tertiary/aromatic N) is 1. The Bertz CT molecular complexity index is 779. The van der Waals surface area contributed by atoms with Crippen molar-refractivity contribution in [2.45, 2.75) is 51.0 Å². The molecule has 1 aromatic carbocycles. The number of carbonyl (C=O) groups excluding carboxylic acids is 1. The number of rotatable bonds is 5. The van der Waals surface area contributed by atoms with Gasteiger partial charge in [0.15, 0.2) is 0 Å². The van der Waals surface area contributed by atoms with E-state index in [0.717, 1.165) is 35.5 Å². The van der Waals surface area contributed by atoms with Crippen LogP contribution in [0, 0.1) is 5.92 Å². The quantitative estimate of drug-likeness (QED) is 0.839. The minimum atomic E-state index is -0.00492. The summed E-state index contributed by atoms with van der Waals surface area (Å²) in [5.74, 6) is 1.66. The summed E-state index contributed by atoms with van der Waals surface area (Å²) in [6.45, 7) is 3.36. The maximum Gasteiger partial charge on any atom is 0.267 e. The van der Waals surface area contributed by atoms with Crippen molar-refractivity contribution in [3.05, 3.63) is 30.0 Å². The molecule has 146 valence electrons. The van der Waals surface area contributed by atoms with Crippen molar-refractivity contribution in [2.24, 2.45) is 5.92 Å². The molecular weight excluding hydrogens is 338 g/mol. The van der Waals surface area contributed by atoms with Gasteiger partial charge in [-0.2, -0.15) is 0 Å². The van der Waals surface area contributed by atoms with Crippen LogP contribution in [0.5, 0.6) is 5.75 Å². The molecular formula is C22H31N3O2. The van der Waals surface area contributed by atoms with E-state index in [1.54, 1.807) is 7.11 Å². The molecule has 1 saturated heterocycles. The molecule has 2 aromatic rings. The van der Waals surface area contributed by atoms with Crippen molar-refractivity contribution in [3.8, 4) is 5.75 Å². The Kier molecular flexibility index (Phi) is 5.67. The number of aromatic nitrogens is 1. The van der Waals surface area contributed by atoms with Gasteiger partial charge < -0.3 is 19.9 Å². The van der Waals surface area contributed by atoms with Crippen molar-refractivity contribution in [2.75, 3.05) is 26.7 Å². The highest BCUT2D eigenvalue weighted by atomic mass is 16.5. The molecule has 0 bridgehead atoms. The minimum Gasteiger partial charge on any atom is -0.497 e. The van der Waals surface area contributed by atoms with Crippen LogP contribution >= 0.6 is 0 Å². The van der Waals surface area contributed by atoms with Gasteiger partial charge in [-0.15, -0.1) is 0 Å². The number of H-pyrrole nitrogens is 1. The zero-order valence-electron chi connectivity index (χ0n) is 16.3. The van der Waals surface area contributed by atoms with Gasteiger partial charge in [-0.1, -0.05) is 19.3 Å². The second-order valence-corrected chi connectivity index (χ2v) is 8.21. The second kappa shape index (κ2) is 8.34. The number of hydrogen-bond donors (Lipinski definition) is 2. The fraction of sp³-hybridized carbons (Fsp3) is 0.591. The van der Waals surface area contributed by atoms with Crippen molar-refractivity contribution in [1.82, 2.24) is 15.2 Å². The van der Waals surface area contributed by atoms with Gasteiger partial charge in [-0.05, 0) is 62.4 Å². The van der Waals surface area contributed by atoms with Crippen LogP contribution in [0.15, 0.2) is 24.3 Å². The highest BCUT2D eigenvalue weighted by Gasteiger charge is 2.25. The molecule has 1 aromatic heterocycles. The minimum absolute atomic E-state index is 0.00492. The van der Waals surface area contributed by atoms with Gasteiger partial charge in [0.25, 0.3) is 5.91 Å². The van der Waals surface area contributed by atoms with Crippen molar-refractivity contribution < 1.29 is 9.53 Å². The van der Waals surface area contributed by atoms with Crippen molar-refractivity contribution >= 4 is 16.8 Å². The number of amides is 1. The van der Waals surface area contributed by atoms with E-state index in [1.807, 2.05) is 24.3 Å². The summed E-state index contributed by atoms with van der Waals surface area (Å²) < 4.78 is 5.27. The molecule has 2 aliphatic rings. The third kappa shape index (κ3) is 4.46. The zero-order valence-corrected chi connectivity index (χ0v) is 16.3. The Hall–Kier alpha value is -2.01. The lowest BCUT2D eigenvalue weighted by Crippen LogP contribution is -2.49. The molecule has 1 atom stereocenters. The van der Waals surface area contributed by atoms with Gasteiger partial charge in [0.05, 0.1) is 7.11 Å². The van der Waals surface area contributed by atoms with Crippen LogP contribution < -0.4 is 10.1 Å². The number of likely N-dealkylation sites (tertiary alicyclic amines) is 1. The maximum atomic E-state index is 12.7. The third-order valence-corrected chi connectivity index (χ3v) is 6.15. The molecule has 1 unspecified atom stereocenters. The van der Waals surface area contributed by atoms with Crippen molar-refractivity contribution in [3.63, 3.8) is 0 Å². The predicted molar refractivity (Wildman–Crippen MR) is 108 cm³/mol. The summed E-state index contributed by atoms with van der Waals surface area (Å²) in [6, 6.07) is 7.98. The largest absolute Gasteiger partial charge is 0.497 e. The summed E-state index contributed by atoms with van der Waals surface area (Å²) in [5, 5.41) is 4.25. The van der Waals surface area contributed by atoms with E-state index in [4.69, 9.17) is 4.74 Å². The predicted octanol–water partition coefficient (Wildman–Crippen LogP) is 3.95. The van der Waals surface area contributed by atoms with E-state index in [9.17, 15) is 4.79 Å². The number of hydrogen-bond acceptors (Lipinski definition) is 3. The lowest BCUT2D eigenvalue weighted by molar-refractivity contribution is 0.0886. The maximum absolute atomic E-state index is 12.7. The highest BCUT2D eigenvalue weighted by Crippen LogP contribution is 2.26. The van der Waals surface area contributed by atoms with Gasteiger partial charge in [0.1, 0.15) is 11.4 Å². The van der Waals surface area contributed by atoms with E-state index >= 15 is 0 Å². The Morgan fingerprint density at radius 3 is 2.85 bits per heavy atom. The Morgan fingerprint density at radius 2 is 2.04 bits per heavy atom. The summed E-state index contributed by atoms with van der Waals surface area (Å²) in [4.78, 5) is 18.5. The Morgan fingerprint density at radius 1 is 1.19 bits per heavy atom. The molecule has 1 aliphatic heterocycles. The molecule has 0 spiro atoms. The summed E-state index contributed by atoms with van der Waals surface area (Å²) in [5.41, 5.74) is 1.59. The number of methoxy groups -OCH3 is 1. The standard InChI is InChI=1S/C22H31N3O2/c1-27-19-9-10-20-17(12-19)13-21(24-20)22(26)23-18-8-5-11-25(15-18)14-16-6-3-2-4-7-16/h9-10,12-13,16,18,24H,2-8,11,14-15H2,1H3,(H,23,26). The monoisotopic (exact) mass is 369 g/mol. The van der Waals surface area contributed by atoms with E-state index in [-0.39, 0.29) is 11.9 Å². The SMILES string of the molecule is COc1ccc2[nH]c(C(=O)NC3CCCN(CC4CCCCC4)C3)cc2c1. The average Bonchev–Trinajstić information content (AvgIpc) is 3.12. The average molecular weight is 370 g/mol. The van der Waals surface area contributed by atoms with Gasteiger partial charge >= 0.3 is 0 Å². The fourth-order valence-corrected chi connectivity index (χ4v) is 4.70. The number of ether oxygens (including phenoxy) is 1. The first kappa shape index (κ1) is 18.4. The van der Waals surface area contributed by atoms with E-state index < -0.39 is 0 Å². The fourth-order valence-electron chi connectivity index (χ4n) is 4.70. The highest BCUT2D eigenvalue weighted by molar-refractivity contribution is 5.98. The van der Waals surface area contributed by atoms with Crippen LogP contribution in [0.1, 0.15) is 55.4 Å². The van der Waals surface area contributed by atoms with Gasteiger partial charge in [-0.25, -0.2) is 0 Å². The smallest absolute Gasteiger partial charge is 0.267 e. The van der Waals surface area contributed by atoms with Gasteiger partial charge in [0, 0.05) is 30.0 Å². The lowest BCUT2D eigenvalue weighted by atomic mass is 9.88. The first-order valence-corrected chi connectivity index (χ1v) is 10.4. The van der Waals surface area contributed by atoms with Crippen molar-refractivity contribution in [1.29, 1.82) is 0 Å². The van der Waals surface area contributed by atoms with E-state index in [0.29, 0.717) is 5.69 Å². The van der Waals surface area contributed by atoms with Crippen LogP contribution in [0.3, 0.4) is 0 Å². The van der Waals surface area contributed by atoms with Crippen LogP contribution in [0.25, 0.3) is 10.9 Å². The Labute approximate surface area is 161 Å². The van der Waals surface area contributed by atoms with Crippen LogP contribution in [-0.4, -0.2) is 48.6 Å². The molecule has 27 heavy (non-hydrogen) atoms. The van der Waals surface area contributed by atoms with Crippen LogP contribution in [-0.2, 0) is 0 Å². The van der Waals surface area contributed by atoms with Gasteiger partial charge in [-0.3, -0.25) is 4.79 Å². The topological polar surface area (TPSA) is 57.4 Å². The Balaban J connectivity index is 1.35. The number of nitrogens with one attached hydrogen (secondary N) is 2. The zero-order chi connectivity index (χ0) is 18.6. The number of carbonyl (C=O) groups is 1. The molecule has 5 heteroatoms. The van der Waals surface area contributed by atoms with Crippen LogP contribution in [0.2, 0.25) is 0 Å². The molecule has 1 amide bonds. The lowest BCUT2D eigenvalue weighted by Gasteiger charge is -2.36. The third-order valence-electron chi connectivity index (χ3n) is 6.15. The molecule has 1 saturated carbocycles. The first-order valence-electron chi connectivity index (χ1n) is 10.4. The van der Waals surface area contributed by atoms with Crippen LogP contribution in [0.4, 0.5) is 0 Å². The second-order valence-electron chi connectivity index (χ2n) is 8.21. The van der Waals surface area contributed by atoms with E-state index in [1.165, 1.54) is 51.6 Å². The molecule has 5 nitrogen and oxygen atoms in total. The summed E-state index contributed by atoms with van der Waals surface area (Å²) in [7, 11) is 1.66. The number of piperidine rings is 1. The number of benzene rings is 1. The summed E-state index contributed by atoms with van der Waals surface area (Å²) >= 11 is 0. The number of fused-ring (bicyclic) bond motifs is 1. The molecule has 2 heterocycles. The number of aromatic amines is 1. The molecule has 2 N–H and O–H groups in total. The molecule has 1 aliphatic carbocycles. The van der Waals surface area contributed by atoms with Gasteiger partial charge in [0.2, 0.25) is 0 Å². The molecule has 0 radical (unpaired) electrons. The molecule has 4 rings (SSSR count). The molecule has 2 fully saturated rings. The first-order chi connectivity index (χ1) is 13.2. The summed E-state index contributed by atoms with van der Waals surface area (Å²) in [6.07, 6.45) is 9.19. The van der Waals surface area contributed by atoms with E-state index in [2.05, 4.69) is 15.2 Å². The normalized spacial score (nSPS) is 22.0.